The lowest BCUT2D eigenvalue weighted by Gasteiger charge is -2.07. The van der Waals surface area contributed by atoms with Gasteiger partial charge in [0.15, 0.2) is 0 Å². The molecule has 1 aromatic heterocycles. The van der Waals surface area contributed by atoms with Crippen LogP contribution in [0.15, 0.2) is 53.7 Å². The molecule has 0 spiro atoms. The predicted octanol–water partition coefficient (Wildman–Crippen LogP) is 2.39. The molecule has 0 aliphatic heterocycles. The Hall–Kier alpha value is -1.92. The van der Waals surface area contributed by atoms with E-state index >= 15 is 0 Å². The Morgan fingerprint density at radius 1 is 1.14 bits per heavy atom. The highest BCUT2D eigenvalue weighted by atomic mass is 32.2. The number of unbranched alkanes of at least 4 members (excludes halogenated alkanes) is 1. The van der Waals surface area contributed by atoms with Crippen LogP contribution >= 0.6 is 0 Å². The summed E-state index contributed by atoms with van der Waals surface area (Å²) in [6.07, 6.45) is 6.17. The molecule has 0 aliphatic rings. The molecule has 0 aliphatic carbocycles. The SMILES string of the molecule is COc1ccc(S(=O)(=O)NCCCCc2cccnc2)cc1. The molecule has 0 saturated carbocycles. The van der Waals surface area contributed by atoms with Gasteiger partial charge in [-0.25, -0.2) is 13.1 Å². The van der Waals surface area contributed by atoms with Crippen LogP contribution in [0.5, 0.6) is 5.75 Å². The molecule has 0 atom stereocenters. The van der Waals surface area contributed by atoms with Crippen molar-refractivity contribution in [3.63, 3.8) is 0 Å². The standard InChI is InChI=1S/C16H20N2O3S/c1-21-15-7-9-16(10-8-15)22(19,20)18-12-3-2-5-14-6-4-11-17-13-14/h4,6-11,13,18H,2-3,5,12H2,1H3. The summed E-state index contributed by atoms with van der Waals surface area (Å²) in [5.41, 5.74) is 1.17. The fourth-order valence-electron chi connectivity index (χ4n) is 2.04. The zero-order chi connectivity index (χ0) is 15.8. The maximum absolute atomic E-state index is 12.1. The van der Waals surface area contributed by atoms with Crippen molar-refractivity contribution in [2.24, 2.45) is 0 Å². The van der Waals surface area contributed by atoms with E-state index in [1.54, 1.807) is 25.4 Å². The number of aryl methyl sites for hydroxylation is 1. The van der Waals surface area contributed by atoms with Crippen LogP contribution in [0, 0.1) is 0 Å². The number of rotatable bonds is 8. The summed E-state index contributed by atoms with van der Waals surface area (Å²) in [6.45, 7) is 0.425. The number of ether oxygens (including phenoxy) is 1. The maximum atomic E-state index is 12.1. The summed E-state index contributed by atoms with van der Waals surface area (Å²) in [7, 11) is -1.90. The first kappa shape index (κ1) is 16.5. The highest BCUT2D eigenvalue weighted by Crippen LogP contribution is 2.15. The summed E-state index contributed by atoms with van der Waals surface area (Å²) >= 11 is 0. The normalized spacial score (nSPS) is 11.3. The molecule has 0 bridgehead atoms. The van der Waals surface area contributed by atoms with E-state index in [0.29, 0.717) is 12.3 Å². The lowest BCUT2D eigenvalue weighted by Crippen LogP contribution is -2.24. The van der Waals surface area contributed by atoms with Crippen molar-refractivity contribution < 1.29 is 13.2 Å². The Morgan fingerprint density at radius 2 is 1.91 bits per heavy atom. The number of benzene rings is 1. The van der Waals surface area contributed by atoms with Crippen molar-refractivity contribution in [3.05, 3.63) is 54.4 Å². The van der Waals surface area contributed by atoms with Crippen LogP contribution in [0.1, 0.15) is 18.4 Å². The largest absolute Gasteiger partial charge is 0.497 e. The van der Waals surface area contributed by atoms with Crippen LogP contribution in [-0.4, -0.2) is 27.1 Å². The van der Waals surface area contributed by atoms with Gasteiger partial charge in [0.25, 0.3) is 0 Å². The van der Waals surface area contributed by atoms with Gasteiger partial charge in [0.05, 0.1) is 12.0 Å². The minimum atomic E-state index is -3.45. The van der Waals surface area contributed by atoms with Gasteiger partial charge in [-0.2, -0.15) is 0 Å². The Bertz CT molecular complexity index is 670. The highest BCUT2D eigenvalue weighted by Gasteiger charge is 2.12. The number of pyridine rings is 1. The Kier molecular flexibility index (Phi) is 5.91. The van der Waals surface area contributed by atoms with E-state index in [4.69, 9.17) is 4.74 Å². The number of hydrogen-bond donors (Lipinski definition) is 1. The predicted molar refractivity (Wildman–Crippen MR) is 85.4 cm³/mol. The topological polar surface area (TPSA) is 68.3 Å². The van der Waals surface area contributed by atoms with Gasteiger partial charge in [0.1, 0.15) is 5.75 Å². The van der Waals surface area contributed by atoms with Crippen molar-refractivity contribution in [3.8, 4) is 5.75 Å². The molecule has 2 rings (SSSR count). The minimum Gasteiger partial charge on any atom is -0.497 e. The molecule has 1 heterocycles. The lowest BCUT2D eigenvalue weighted by molar-refractivity contribution is 0.414. The third kappa shape index (κ3) is 4.82. The molecule has 1 N–H and O–H groups in total. The Balaban J connectivity index is 1.77. The van der Waals surface area contributed by atoms with E-state index in [9.17, 15) is 8.42 Å². The maximum Gasteiger partial charge on any atom is 0.240 e. The summed E-state index contributed by atoms with van der Waals surface area (Å²) in [5.74, 6) is 0.635. The molecule has 0 saturated heterocycles. The molecular weight excluding hydrogens is 300 g/mol. The fraction of sp³-hybridized carbons (Fsp3) is 0.312. The molecule has 0 radical (unpaired) electrons. The van der Waals surface area contributed by atoms with Gasteiger partial charge in [0.2, 0.25) is 10.0 Å². The molecule has 0 unspecified atom stereocenters. The monoisotopic (exact) mass is 320 g/mol. The summed E-state index contributed by atoms with van der Waals surface area (Å²) in [6, 6.07) is 10.3. The van der Waals surface area contributed by atoms with Gasteiger partial charge in [-0.3, -0.25) is 4.98 Å². The minimum absolute atomic E-state index is 0.251. The van der Waals surface area contributed by atoms with E-state index in [1.807, 2.05) is 18.3 Å². The number of aromatic nitrogens is 1. The number of nitrogens with zero attached hydrogens (tertiary/aromatic N) is 1. The lowest BCUT2D eigenvalue weighted by atomic mass is 10.1. The molecule has 5 nitrogen and oxygen atoms in total. The van der Waals surface area contributed by atoms with Crippen molar-refractivity contribution in [1.29, 1.82) is 0 Å². The number of methoxy groups -OCH3 is 1. The molecule has 6 heteroatoms. The van der Waals surface area contributed by atoms with E-state index in [2.05, 4.69) is 9.71 Å². The third-order valence-corrected chi connectivity index (χ3v) is 4.75. The van der Waals surface area contributed by atoms with E-state index < -0.39 is 10.0 Å². The van der Waals surface area contributed by atoms with Crippen LogP contribution in [0.3, 0.4) is 0 Å². The van der Waals surface area contributed by atoms with Crippen molar-refractivity contribution in [1.82, 2.24) is 9.71 Å². The molecule has 1 aromatic carbocycles. The smallest absolute Gasteiger partial charge is 0.240 e. The van der Waals surface area contributed by atoms with Gasteiger partial charge in [-0.1, -0.05) is 6.07 Å². The highest BCUT2D eigenvalue weighted by molar-refractivity contribution is 7.89. The molecule has 0 fully saturated rings. The Labute approximate surface area is 131 Å². The first-order chi connectivity index (χ1) is 10.6. The average molecular weight is 320 g/mol. The van der Waals surface area contributed by atoms with E-state index in [1.165, 1.54) is 17.7 Å². The first-order valence-electron chi connectivity index (χ1n) is 7.14. The summed E-state index contributed by atoms with van der Waals surface area (Å²) in [4.78, 5) is 4.31. The van der Waals surface area contributed by atoms with Gasteiger partial charge in [0, 0.05) is 18.9 Å². The average Bonchev–Trinajstić information content (AvgIpc) is 2.55. The van der Waals surface area contributed by atoms with Crippen LogP contribution in [0.25, 0.3) is 0 Å². The summed E-state index contributed by atoms with van der Waals surface area (Å²) < 4.78 is 31.8. The van der Waals surface area contributed by atoms with Crippen LogP contribution in [0.4, 0.5) is 0 Å². The Morgan fingerprint density at radius 3 is 2.55 bits per heavy atom. The van der Waals surface area contributed by atoms with Crippen molar-refractivity contribution in [2.75, 3.05) is 13.7 Å². The summed E-state index contributed by atoms with van der Waals surface area (Å²) in [5, 5.41) is 0. The number of sulfonamides is 1. The van der Waals surface area contributed by atoms with Gasteiger partial charge >= 0.3 is 0 Å². The zero-order valence-corrected chi connectivity index (χ0v) is 13.3. The second kappa shape index (κ2) is 7.91. The van der Waals surface area contributed by atoms with Crippen molar-refractivity contribution in [2.45, 2.75) is 24.2 Å². The van der Waals surface area contributed by atoms with E-state index in [-0.39, 0.29) is 4.90 Å². The van der Waals surface area contributed by atoms with Crippen LogP contribution < -0.4 is 9.46 Å². The molecule has 118 valence electrons. The van der Waals surface area contributed by atoms with Crippen LogP contribution in [-0.2, 0) is 16.4 Å². The fourth-order valence-corrected chi connectivity index (χ4v) is 3.12. The first-order valence-corrected chi connectivity index (χ1v) is 8.63. The zero-order valence-electron chi connectivity index (χ0n) is 12.5. The number of nitrogens with one attached hydrogen (secondary N) is 1. The van der Waals surface area contributed by atoms with Gasteiger partial charge < -0.3 is 4.74 Å². The number of hydrogen-bond acceptors (Lipinski definition) is 4. The molecular formula is C16H20N2O3S. The van der Waals surface area contributed by atoms with Crippen molar-refractivity contribution >= 4 is 10.0 Å². The molecule has 0 amide bonds. The van der Waals surface area contributed by atoms with Gasteiger partial charge in [-0.15, -0.1) is 0 Å². The molecule has 2 aromatic rings. The van der Waals surface area contributed by atoms with E-state index in [0.717, 1.165) is 19.3 Å². The van der Waals surface area contributed by atoms with Gasteiger partial charge in [-0.05, 0) is 55.2 Å². The molecule has 22 heavy (non-hydrogen) atoms. The van der Waals surface area contributed by atoms with Crippen LogP contribution in [0.2, 0.25) is 0 Å². The quantitative estimate of drug-likeness (QED) is 0.758. The third-order valence-electron chi connectivity index (χ3n) is 3.28. The second-order valence-electron chi connectivity index (χ2n) is 4.89. The second-order valence-corrected chi connectivity index (χ2v) is 6.66.